The van der Waals surface area contributed by atoms with Crippen LogP contribution in [0.15, 0.2) is 11.2 Å². The Morgan fingerprint density at radius 3 is 2.63 bits per heavy atom. The minimum Gasteiger partial charge on any atom is -0.313 e. The first-order chi connectivity index (χ1) is 8.88. The van der Waals surface area contributed by atoms with Gasteiger partial charge in [0.25, 0.3) is 10.0 Å². The molecule has 19 heavy (non-hydrogen) atoms. The molecule has 0 saturated carbocycles. The second-order valence-corrected chi connectivity index (χ2v) is 6.71. The third-order valence-corrected chi connectivity index (χ3v) is 4.60. The zero-order valence-corrected chi connectivity index (χ0v) is 12.8. The zero-order valence-electron chi connectivity index (χ0n) is 12.0. The predicted molar refractivity (Wildman–Crippen MR) is 75.2 cm³/mol. The van der Waals surface area contributed by atoms with Crippen LogP contribution < -0.4 is 10.0 Å². The molecule has 1 aromatic rings. The fraction of sp³-hybridized carbons (Fsp3) is 0.750. The summed E-state index contributed by atoms with van der Waals surface area (Å²) in [5, 5.41) is 9.74. The molecule has 0 radical (unpaired) electrons. The molecule has 0 amide bonds. The Hall–Kier alpha value is -0.920. The van der Waals surface area contributed by atoms with E-state index in [-0.39, 0.29) is 17.0 Å². The summed E-state index contributed by atoms with van der Waals surface area (Å²) in [6.07, 6.45) is 2.56. The first-order valence-corrected chi connectivity index (χ1v) is 8.12. The van der Waals surface area contributed by atoms with E-state index in [1.807, 2.05) is 20.8 Å². The molecule has 0 aliphatic rings. The van der Waals surface area contributed by atoms with E-state index < -0.39 is 10.0 Å². The van der Waals surface area contributed by atoms with Gasteiger partial charge >= 0.3 is 0 Å². The molecule has 7 heteroatoms. The quantitative estimate of drug-likeness (QED) is 0.628. The molecule has 0 aromatic carbocycles. The molecular weight excluding hydrogens is 264 g/mol. The number of nitrogens with one attached hydrogen (secondary N) is 3. The average molecular weight is 288 g/mol. The van der Waals surface area contributed by atoms with E-state index in [0.29, 0.717) is 12.1 Å². The van der Waals surface area contributed by atoms with Crippen molar-refractivity contribution in [2.24, 2.45) is 5.92 Å². The van der Waals surface area contributed by atoms with Crippen LogP contribution >= 0.6 is 0 Å². The predicted octanol–water partition coefficient (Wildman–Crippen LogP) is 1.23. The van der Waals surface area contributed by atoms with E-state index in [1.165, 1.54) is 0 Å². The van der Waals surface area contributed by atoms with Crippen molar-refractivity contribution in [2.75, 3.05) is 6.54 Å². The lowest BCUT2D eigenvalue weighted by atomic mass is 10.1. The fourth-order valence-corrected chi connectivity index (χ4v) is 3.02. The van der Waals surface area contributed by atoms with Gasteiger partial charge in [-0.15, -0.1) is 0 Å². The van der Waals surface area contributed by atoms with Crippen LogP contribution in [0.4, 0.5) is 0 Å². The van der Waals surface area contributed by atoms with Gasteiger partial charge < -0.3 is 5.32 Å². The van der Waals surface area contributed by atoms with Gasteiger partial charge in [-0.05, 0) is 25.8 Å². The molecule has 0 spiro atoms. The van der Waals surface area contributed by atoms with Crippen LogP contribution in [0, 0.1) is 5.92 Å². The largest absolute Gasteiger partial charge is 0.313 e. The van der Waals surface area contributed by atoms with Gasteiger partial charge in [-0.1, -0.05) is 20.8 Å². The number of rotatable bonds is 8. The van der Waals surface area contributed by atoms with E-state index in [1.54, 1.807) is 6.20 Å². The molecule has 0 bridgehead atoms. The molecule has 1 heterocycles. The van der Waals surface area contributed by atoms with Crippen molar-refractivity contribution >= 4 is 10.0 Å². The van der Waals surface area contributed by atoms with Crippen LogP contribution in [0.3, 0.4) is 0 Å². The zero-order chi connectivity index (χ0) is 14.5. The highest BCUT2D eigenvalue weighted by molar-refractivity contribution is 7.89. The van der Waals surface area contributed by atoms with Crippen LogP contribution in [0.25, 0.3) is 0 Å². The van der Waals surface area contributed by atoms with E-state index in [0.717, 1.165) is 13.0 Å². The summed E-state index contributed by atoms with van der Waals surface area (Å²) in [5.41, 5.74) is 0.664. The summed E-state index contributed by atoms with van der Waals surface area (Å²) in [4.78, 5) is 0. The van der Waals surface area contributed by atoms with Gasteiger partial charge in [0, 0.05) is 18.2 Å². The van der Waals surface area contributed by atoms with E-state index in [2.05, 4.69) is 27.2 Å². The Labute approximate surface area is 115 Å². The van der Waals surface area contributed by atoms with Crippen LogP contribution in [0.1, 0.15) is 39.7 Å². The summed E-state index contributed by atoms with van der Waals surface area (Å²) in [6, 6.07) is -0.121. The van der Waals surface area contributed by atoms with Crippen molar-refractivity contribution in [1.29, 1.82) is 0 Å². The number of hydrogen-bond acceptors (Lipinski definition) is 4. The lowest BCUT2D eigenvalue weighted by Crippen LogP contribution is -2.36. The first-order valence-electron chi connectivity index (χ1n) is 6.63. The van der Waals surface area contributed by atoms with Gasteiger partial charge in [-0.2, -0.15) is 5.10 Å². The molecule has 3 N–H and O–H groups in total. The maximum Gasteiger partial charge on any atom is 0.258 e. The van der Waals surface area contributed by atoms with Crippen molar-refractivity contribution < 1.29 is 8.42 Å². The summed E-state index contributed by atoms with van der Waals surface area (Å²) in [5.74, 6) is 0.236. The Bertz CT molecular complexity index is 482. The summed E-state index contributed by atoms with van der Waals surface area (Å²) in [6.45, 7) is 9.21. The maximum atomic E-state index is 12.3. The lowest BCUT2D eigenvalue weighted by Gasteiger charge is -2.17. The third-order valence-electron chi connectivity index (χ3n) is 3.03. The Morgan fingerprint density at radius 1 is 1.37 bits per heavy atom. The van der Waals surface area contributed by atoms with Gasteiger partial charge in [0.2, 0.25) is 0 Å². The van der Waals surface area contributed by atoms with Crippen molar-refractivity contribution in [3.8, 4) is 0 Å². The van der Waals surface area contributed by atoms with Gasteiger partial charge in [-0.25, -0.2) is 13.1 Å². The van der Waals surface area contributed by atoms with E-state index in [4.69, 9.17) is 0 Å². The first kappa shape index (κ1) is 16.1. The smallest absolute Gasteiger partial charge is 0.258 e. The van der Waals surface area contributed by atoms with Crippen LogP contribution in [-0.4, -0.2) is 31.2 Å². The van der Waals surface area contributed by atoms with Crippen LogP contribution in [0.2, 0.25) is 0 Å². The Kier molecular flexibility index (Phi) is 5.96. The monoisotopic (exact) mass is 288 g/mol. The standard InChI is InChI=1S/C12H24N4O2S/c1-5-6-13-7-11-8-14-15-12(11)19(17,18)16-10(4)9(2)3/h8-10,13,16H,5-7H2,1-4H3,(H,14,15). The summed E-state index contributed by atoms with van der Waals surface area (Å²) in [7, 11) is -3.54. The van der Waals surface area contributed by atoms with Gasteiger partial charge in [0.1, 0.15) is 0 Å². The SMILES string of the molecule is CCCNCc1cn[nH]c1S(=O)(=O)NC(C)C(C)C. The third kappa shape index (κ3) is 4.59. The number of nitrogens with zero attached hydrogens (tertiary/aromatic N) is 1. The van der Waals surface area contributed by atoms with Crippen molar-refractivity contribution in [2.45, 2.75) is 51.7 Å². The molecule has 0 saturated heterocycles. The number of hydrogen-bond donors (Lipinski definition) is 3. The topological polar surface area (TPSA) is 86.9 Å². The number of aromatic nitrogens is 2. The molecule has 1 unspecified atom stereocenters. The molecule has 6 nitrogen and oxygen atoms in total. The number of aromatic amines is 1. The Morgan fingerprint density at radius 2 is 2.05 bits per heavy atom. The van der Waals surface area contributed by atoms with Crippen molar-refractivity contribution in [1.82, 2.24) is 20.2 Å². The summed E-state index contributed by atoms with van der Waals surface area (Å²) < 4.78 is 27.2. The van der Waals surface area contributed by atoms with Crippen LogP contribution in [0.5, 0.6) is 0 Å². The minimum absolute atomic E-state index is 0.121. The second kappa shape index (κ2) is 7.02. The molecule has 1 rings (SSSR count). The minimum atomic E-state index is -3.54. The van der Waals surface area contributed by atoms with Crippen LogP contribution in [-0.2, 0) is 16.6 Å². The normalized spacial score (nSPS) is 13.9. The molecule has 110 valence electrons. The highest BCUT2D eigenvalue weighted by Crippen LogP contribution is 2.13. The molecule has 0 aliphatic heterocycles. The lowest BCUT2D eigenvalue weighted by molar-refractivity contribution is 0.474. The summed E-state index contributed by atoms with van der Waals surface area (Å²) >= 11 is 0. The van der Waals surface area contributed by atoms with E-state index in [9.17, 15) is 8.42 Å². The number of H-pyrrole nitrogens is 1. The highest BCUT2D eigenvalue weighted by Gasteiger charge is 2.23. The van der Waals surface area contributed by atoms with Gasteiger partial charge in [-0.3, -0.25) is 5.10 Å². The molecule has 1 aromatic heterocycles. The van der Waals surface area contributed by atoms with Gasteiger partial charge in [0.15, 0.2) is 5.03 Å². The molecular formula is C12H24N4O2S. The van der Waals surface area contributed by atoms with E-state index >= 15 is 0 Å². The Balaban J connectivity index is 2.81. The number of sulfonamides is 1. The average Bonchev–Trinajstić information content (AvgIpc) is 2.78. The van der Waals surface area contributed by atoms with Gasteiger partial charge in [0.05, 0.1) is 6.20 Å². The molecule has 1 atom stereocenters. The molecule has 0 aliphatic carbocycles. The van der Waals surface area contributed by atoms with Crippen molar-refractivity contribution in [3.05, 3.63) is 11.8 Å². The maximum absolute atomic E-state index is 12.3. The fourth-order valence-electron chi connectivity index (χ4n) is 1.50. The molecule has 0 fully saturated rings. The highest BCUT2D eigenvalue weighted by atomic mass is 32.2. The second-order valence-electron chi connectivity index (χ2n) is 5.06. The van der Waals surface area contributed by atoms with Crippen molar-refractivity contribution in [3.63, 3.8) is 0 Å².